The maximum Gasteiger partial charge on any atom is 0.164 e. The Bertz CT molecular complexity index is 2220. The van der Waals surface area contributed by atoms with E-state index in [0.717, 1.165) is 55.3 Å². The van der Waals surface area contributed by atoms with Crippen molar-refractivity contribution in [2.75, 3.05) is 0 Å². The summed E-state index contributed by atoms with van der Waals surface area (Å²) in [5.41, 5.74) is 7.46. The van der Waals surface area contributed by atoms with Crippen molar-refractivity contribution in [3.8, 4) is 51.0 Å². The van der Waals surface area contributed by atoms with Gasteiger partial charge in [0.1, 0.15) is 0 Å². The van der Waals surface area contributed by atoms with E-state index >= 15 is 0 Å². The molecule has 0 atom stereocenters. The molecule has 202 valence electrons. The number of hydrogen-bond donors (Lipinski definition) is 0. The number of para-hydroxylation sites is 2. The molecular weight excluding hydrogens is 524 g/mol. The lowest BCUT2D eigenvalue weighted by atomic mass is 10.0. The molecule has 4 heteroatoms. The molecule has 43 heavy (non-hydrogen) atoms. The van der Waals surface area contributed by atoms with Gasteiger partial charge in [-0.05, 0) is 23.8 Å². The van der Waals surface area contributed by atoms with Gasteiger partial charge in [0.25, 0.3) is 0 Å². The number of rotatable bonds is 5. The first-order chi connectivity index (χ1) is 22.1. The van der Waals surface area contributed by atoms with Crippen molar-refractivity contribution in [1.29, 1.82) is 0 Å². The number of nitrogens with zero attached hydrogens (tertiary/aromatic N) is 4. The number of hydrogen-bond acceptors (Lipinski definition) is 3. The van der Waals surface area contributed by atoms with Gasteiger partial charge in [0.15, 0.2) is 17.5 Å². The minimum atomic E-state index is 0.424. The second kappa shape index (κ2) is 10.5. The third kappa shape index (κ3) is 4.46. The predicted octanol–water partition coefficient (Wildman–Crippen LogP) is 9.64. The topological polar surface area (TPSA) is 43.6 Å². The Hall–Kier alpha value is -5.87. The third-order valence-corrected chi connectivity index (χ3v) is 7.74. The molecule has 0 fully saturated rings. The summed E-state index contributed by atoms with van der Waals surface area (Å²) in [4.78, 5) is 14.8. The van der Waals surface area contributed by atoms with Crippen LogP contribution in [0.5, 0.6) is 0 Å². The first kappa shape index (κ1) is 22.8. The first-order valence-corrected chi connectivity index (χ1v) is 14.2. The molecule has 0 N–H and O–H groups in total. The predicted molar refractivity (Wildman–Crippen MR) is 176 cm³/mol. The van der Waals surface area contributed by atoms with E-state index in [1.165, 1.54) is 0 Å². The summed E-state index contributed by atoms with van der Waals surface area (Å²) in [6.45, 7) is 0. The van der Waals surface area contributed by atoms with E-state index in [1.807, 2.05) is 115 Å². The van der Waals surface area contributed by atoms with Crippen molar-refractivity contribution >= 4 is 21.8 Å². The van der Waals surface area contributed by atoms with Gasteiger partial charge >= 0.3 is 0 Å². The van der Waals surface area contributed by atoms with Gasteiger partial charge in [-0.15, -0.1) is 0 Å². The number of aromatic nitrogens is 4. The molecule has 0 aliphatic carbocycles. The second-order valence-corrected chi connectivity index (χ2v) is 10.4. The SMILES string of the molecule is [2H]c1ccc2c3ccc([2H])cc3n(-c3cc(-c4nc(-c5ccccc5)nc(-c5ccccc5)n4)ccc3-c3ccccc3)c2c1. The highest BCUT2D eigenvalue weighted by atomic mass is 15.0. The van der Waals surface area contributed by atoms with Gasteiger partial charge < -0.3 is 4.57 Å². The Balaban J connectivity index is 1.43. The standard InChI is InChI=1S/C39H26N4/c1-4-14-27(15-5-1)31-25-24-30(26-36(31)43-34-22-12-10-20-32(34)33-21-11-13-23-35(33)43)39-41-37(28-16-6-2-7-17-28)40-38(42-39)29-18-8-3-9-19-29/h1-26H/i12D,13D. The smallest absolute Gasteiger partial charge is 0.164 e. The van der Waals surface area contributed by atoms with E-state index in [0.29, 0.717) is 29.6 Å². The van der Waals surface area contributed by atoms with Crippen LogP contribution in [0.15, 0.2) is 158 Å². The van der Waals surface area contributed by atoms with Crippen LogP contribution in [0.1, 0.15) is 2.74 Å². The lowest BCUT2D eigenvalue weighted by Gasteiger charge is -2.16. The zero-order valence-corrected chi connectivity index (χ0v) is 23.1. The van der Waals surface area contributed by atoms with Gasteiger partial charge in [0, 0.05) is 33.0 Å². The van der Waals surface area contributed by atoms with Crippen LogP contribution < -0.4 is 0 Å². The molecule has 8 aromatic rings. The van der Waals surface area contributed by atoms with Gasteiger partial charge in [-0.25, -0.2) is 15.0 Å². The van der Waals surface area contributed by atoms with E-state index in [-0.39, 0.29) is 0 Å². The first-order valence-electron chi connectivity index (χ1n) is 15.2. The minimum absolute atomic E-state index is 0.424. The fourth-order valence-electron chi connectivity index (χ4n) is 5.71. The molecule has 0 saturated carbocycles. The van der Waals surface area contributed by atoms with Crippen LogP contribution in [-0.4, -0.2) is 19.5 Å². The average molecular weight is 553 g/mol. The summed E-state index contributed by atoms with van der Waals surface area (Å²) in [5, 5.41) is 2.06. The van der Waals surface area contributed by atoms with Crippen molar-refractivity contribution in [3.05, 3.63) is 158 Å². The Labute approximate surface area is 252 Å². The average Bonchev–Trinajstić information content (AvgIpc) is 3.41. The maximum absolute atomic E-state index is 8.48. The molecule has 0 aliphatic rings. The molecule has 0 unspecified atom stereocenters. The van der Waals surface area contributed by atoms with Crippen LogP contribution in [-0.2, 0) is 0 Å². The zero-order valence-electron chi connectivity index (χ0n) is 25.1. The lowest BCUT2D eigenvalue weighted by Crippen LogP contribution is -2.02. The summed E-state index contributed by atoms with van der Waals surface area (Å²) in [6.07, 6.45) is 0. The molecular formula is C39H26N4. The van der Waals surface area contributed by atoms with Gasteiger partial charge in [-0.2, -0.15) is 0 Å². The molecule has 0 radical (unpaired) electrons. The second-order valence-electron chi connectivity index (χ2n) is 10.4. The largest absolute Gasteiger partial charge is 0.309 e. The fourth-order valence-corrected chi connectivity index (χ4v) is 5.71. The Morgan fingerprint density at radius 2 is 0.884 bits per heavy atom. The molecule has 8 rings (SSSR count). The molecule has 6 aromatic carbocycles. The van der Waals surface area contributed by atoms with Crippen LogP contribution in [0, 0.1) is 0 Å². The van der Waals surface area contributed by atoms with Gasteiger partial charge in [0.2, 0.25) is 0 Å². The molecule has 0 amide bonds. The van der Waals surface area contributed by atoms with Crippen molar-refractivity contribution in [3.63, 3.8) is 0 Å². The van der Waals surface area contributed by atoms with Crippen molar-refractivity contribution in [1.82, 2.24) is 19.5 Å². The Kier molecular flexibility index (Phi) is 5.57. The summed E-state index contributed by atoms with van der Waals surface area (Å²) in [7, 11) is 0. The van der Waals surface area contributed by atoms with Crippen LogP contribution in [0.2, 0.25) is 0 Å². The van der Waals surface area contributed by atoms with Gasteiger partial charge in [-0.1, -0.05) is 139 Å². The maximum atomic E-state index is 8.48. The fraction of sp³-hybridized carbons (Fsp3) is 0. The molecule has 2 heterocycles. The summed E-state index contributed by atoms with van der Waals surface area (Å²) in [5.74, 6) is 1.76. The van der Waals surface area contributed by atoms with Crippen molar-refractivity contribution in [2.45, 2.75) is 0 Å². The quantitative estimate of drug-likeness (QED) is 0.213. The van der Waals surface area contributed by atoms with E-state index in [1.54, 1.807) is 0 Å². The van der Waals surface area contributed by atoms with E-state index in [9.17, 15) is 0 Å². The van der Waals surface area contributed by atoms with Crippen LogP contribution in [0.4, 0.5) is 0 Å². The molecule has 4 nitrogen and oxygen atoms in total. The molecule has 0 bridgehead atoms. The molecule has 2 aromatic heterocycles. The minimum Gasteiger partial charge on any atom is -0.309 e. The van der Waals surface area contributed by atoms with Crippen LogP contribution in [0.3, 0.4) is 0 Å². The van der Waals surface area contributed by atoms with E-state index < -0.39 is 0 Å². The highest BCUT2D eigenvalue weighted by molar-refractivity contribution is 6.09. The normalized spacial score (nSPS) is 11.9. The van der Waals surface area contributed by atoms with E-state index in [2.05, 4.69) is 34.9 Å². The Morgan fingerprint density at radius 1 is 0.419 bits per heavy atom. The number of benzene rings is 6. The lowest BCUT2D eigenvalue weighted by molar-refractivity contribution is 1.07. The molecule has 0 aliphatic heterocycles. The monoisotopic (exact) mass is 552 g/mol. The summed E-state index contributed by atoms with van der Waals surface area (Å²) in [6, 6.07) is 48.7. The van der Waals surface area contributed by atoms with Crippen LogP contribution >= 0.6 is 0 Å². The van der Waals surface area contributed by atoms with Crippen LogP contribution in [0.25, 0.3) is 72.8 Å². The van der Waals surface area contributed by atoms with Crippen molar-refractivity contribution < 1.29 is 2.74 Å². The van der Waals surface area contributed by atoms with E-state index in [4.69, 9.17) is 17.7 Å². The van der Waals surface area contributed by atoms with Gasteiger partial charge in [-0.3, -0.25) is 0 Å². The highest BCUT2D eigenvalue weighted by Gasteiger charge is 2.18. The highest BCUT2D eigenvalue weighted by Crippen LogP contribution is 2.38. The zero-order chi connectivity index (χ0) is 30.3. The Morgan fingerprint density at radius 3 is 1.40 bits per heavy atom. The molecule has 0 spiro atoms. The van der Waals surface area contributed by atoms with Crippen molar-refractivity contribution in [2.24, 2.45) is 0 Å². The summed E-state index contributed by atoms with van der Waals surface area (Å²) < 4.78 is 19.1. The molecule has 0 saturated heterocycles. The number of fused-ring (bicyclic) bond motifs is 3. The van der Waals surface area contributed by atoms with Gasteiger partial charge in [0.05, 0.1) is 19.5 Å². The third-order valence-electron chi connectivity index (χ3n) is 7.74. The summed E-state index contributed by atoms with van der Waals surface area (Å²) >= 11 is 0.